The Hall–Kier alpha value is -3.16. The molecule has 0 spiro atoms. The van der Waals surface area contributed by atoms with Crippen LogP contribution in [0.1, 0.15) is 48.7 Å². The zero-order valence-electron chi connectivity index (χ0n) is 17.5. The zero-order valence-corrected chi connectivity index (χ0v) is 17.5. The maximum absolute atomic E-state index is 13.7. The maximum atomic E-state index is 13.7. The molecule has 2 N–H and O–H groups in total. The molecule has 0 aromatic heterocycles. The van der Waals surface area contributed by atoms with E-state index in [-0.39, 0.29) is 36.4 Å². The van der Waals surface area contributed by atoms with Crippen LogP contribution < -0.4 is 20.1 Å². The van der Waals surface area contributed by atoms with Crippen LogP contribution in [0.5, 0.6) is 11.5 Å². The lowest BCUT2D eigenvalue weighted by Crippen LogP contribution is -2.35. The number of benzene rings is 2. The fourth-order valence-electron chi connectivity index (χ4n) is 3.31. The monoisotopic (exact) mass is 432 g/mol. The second kappa shape index (κ2) is 10.2. The van der Waals surface area contributed by atoms with E-state index in [0.717, 1.165) is 24.1 Å². The van der Waals surface area contributed by atoms with E-state index < -0.39 is 17.5 Å². The standard InChI is InChI=1S/C23H26F2N2O4/c1-14(2)22(15-4-7-19-20(12-15)31-11-3-10-30-19)27-21(28)8-9-26-23(29)17-6-5-16(24)13-18(17)25/h4-7,12-14,22H,3,8-11H2,1-2H3,(H,26,29)(H,27,28)/t22-/m0/s1. The van der Waals surface area contributed by atoms with Crippen molar-refractivity contribution in [3.63, 3.8) is 0 Å². The predicted molar refractivity (Wildman–Crippen MR) is 111 cm³/mol. The molecule has 0 saturated heterocycles. The molecule has 8 heteroatoms. The lowest BCUT2D eigenvalue weighted by molar-refractivity contribution is -0.122. The fourth-order valence-corrected chi connectivity index (χ4v) is 3.31. The molecule has 0 unspecified atom stereocenters. The zero-order chi connectivity index (χ0) is 22.4. The summed E-state index contributed by atoms with van der Waals surface area (Å²) in [5, 5.41) is 5.46. The van der Waals surface area contributed by atoms with E-state index in [9.17, 15) is 18.4 Å². The number of rotatable bonds is 7. The van der Waals surface area contributed by atoms with Gasteiger partial charge in [0.25, 0.3) is 5.91 Å². The molecule has 1 aliphatic rings. The minimum Gasteiger partial charge on any atom is -0.490 e. The van der Waals surface area contributed by atoms with Crippen molar-refractivity contribution in [2.45, 2.75) is 32.7 Å². The molecule has 0 bridgehead atoms. The number of hydrogen-bond donors (Lipinski definition) is 2. The first-order valence-electron chi connectivity index (χ1n) is 10.3. The Bertz CT molecular complexity index is 949. The molecule has 0 aliphatic carbocycles. The van der Waals surface area contributed by atoms with E-state index >= 15 is 0 Å². The molecule has 0 radical (unpaired) electrons. The summed E-state index contributed by atoms with van der Waals surface area (Å²) < 4.78 is 38.0. The van der Waals surface area contributed by atoms with Gasteiger partial charge in [0.05, 0.1) is 24.8 Å². The quantitative estimate of drug-likeness (QED) is 0.699. The molecule has 166 valence electrons. The Morgan fingerprint density at radius 3 is 2.48 bits per heavy atom. The molecule has 2 aromatic carbocycles. The molecule has 1 heterocycles. The minimum atomic E-state index is -0.948. The van der Waals surface area contributed by atoms with Gasteiger partial charge in [0.2, 0.25) is 5.91 Å². The first-order chi connectivity index (χ1) is 14.8. The Labute approximate surface area is 179 Å². The van der Waals surface area contributed by atoms with E-state index in [1.165, 1.54) is 0 Å². The van der Waals surface area contributed by atoms with E-state index in [0.29, 0.717) is 30.8 Å². The third kappa shape index (κ3) is 5.93. The lowest BCUT2D eigenvalue weighted by Gasteiger charge is -2.24. The summed E-state index contributed by atoms with van der Waals surface area (Å²) in [6.07, 6.45) is 0.824. The van der Waals surface area contributed by atoms with Crippen LogP contribution in [0, 0.1) is 17.6 Å². The van der Waals surface area contributed by atoms with E-state index in [1.807, 2.05) is 32.0 Å². The van der Waals surface area contributed by atoms with Gasteiger partial charge in [-0.3, -0.25) is 9.59 Å². The number of halogens is 2. The predicted octanol–water partition coefficient (Wildman–Crippen LogP) is 3.76. The van der Waals surface area contributed by atoms with Gasteiger partial charge in [-0.25, -0.2) is 8.78 Å². The topological polar surface area (TPSA) is 76.7 Å². The summed E-state index contributed by atoms with van der Waals surface area (Å²) in [6.45, 7) is 5.18. The summed E-state index contributed by atoms with van der Waals surface area (Å²) in [7, 11) is 0. The normalized spacial score (nSPS) is 14.0. The minimum absolute atomic E-state index is 0.0162. The Kier molecular flexibility index (Phi) is 7.44. The Morgan fingerprint density at radius 1 is 1.03 bits per heavy atom. The highest BCUT2D eigenvalue weighted by Gasteiger charge is 2.21. The van der Waals surface area contributed by atoms with Crippen LogP contribution in [0.25, 0.3) is 0 Å². The van der Waals surface area contributed by atoms with Crippen molar-refractivity contribution < 1.29 is 27.8 Å². The Balaban J connectivity index is 1.57. The van der Waals surface area contributed by atoms with Gasteiger partial charge in [-0.15, -0.1) is 0 Å². The summed E-state index contributed by atoms with van der Waals surface area (Å²) >= 11 is 0. The third-order valence-electron chi connectivity index (χ3n) is 4.93. The Morgan fingerprint density at radius 2 is 1.77 bits per heavy atom. The molecule has 6 nitrogen and oxygen atoms in total. The summed E-state index contributed by atoms with van der Waals surface area (Å²) in [4.78, 5) is 24.5. The van der Waals surface area contributed by atoms with Crippen LogP contribution in [-0.2, 0) is 4.79 Å². The molecule has 3 rings (SSSR count). The number of amides is 2. The molecular formula is C23H26F2N2O4. The number of ether oxygens (including phenoxy) is 2. The number of nitrogens with one attached hydrogen (secondary N) is 2. The average Bonchev–Trinajstić information content (AvgIpc) is 2.96. The molecule has 0 saturated carbocycles. The van der Waals surface area contributed by atoms with Crippen molar-refractivity contribution in [1.29, 1.82) is 0 Å². The third-order valence-corrected chi connectivity index (χ3v) is 4.93. The van der Waals surface area contributed by atoms with Gasteiger partial charge in [0, 0.05) is 25.5 Å². The number of carbonyl (C=O) groups is 2. The first-order valence-corrected chi connectivity index (χ1v) is 10.3. The van der Waals surface area contributed by atoms with Gasteiger partial charge >= 0.3 is 0 Å². The van der Waals surface area contributed by atoms with Crippen LogP contribution in [0.4, 0.5) is 8.78 Å². The molecule has 2 amide bonds. The van der Waals surface area contributed by atoms with E-state index in [1.54, 1.807) is 0 Å². The number of carbonyl (C=O) groups excluding carboxylic acids is 2. The highest BCUT2D eigenvalue weighted by atomic mass is 19.1. The molecule has 31 heavy (non-hydrogen) atoms. The smallest absolute Gasteiger partial charge is 0.254 e. The van der Waals surface area contributed by atoms with Crippen molar-refractivity contribution in [3.8, 4) is 11.5 Å². The summed E-state index contributed by atoms with van der Waals surface area (Å²) in [6, 6.07) is 8.09. The van der Waals surface area contributed by atoms with Gasteiger partial charge in [-0.1, -0.05) is 19.9 Å². The van der Waals surface area contributed by atoms with Gasteiger partial charge < -0.3 is 20.1 Å². The number of hydrogen-bond acceptors (Lipinski definition) is 4. The summed E-state index contributed by atoms with van der Waals surface area (Å²) in [5.74, 6) is -1.22. The fraction of sp³-hybridized carbons (Fsp3) is 0.391. The molecule has 1 aliphatic heterocycles. The van der Waals surface area contributed by atoms with Crippen LogP contribution in [0.3, 0.4) is 0 Å². The van der Waals surface area contributed by atoms with Crippen LogP contribution in [-0.4, -0.2) is 31.6 Å². The SMILES string of the molecule is CC(C)[C@H](NC(=O)CCNC(=O)c1ccc(F)cc1F)c1ccc2c(c1)OCCCO2. The molecular weight excluding hydrogens is 406 g/mol. The van der Waals surface area contributed by atoms with Crippen molar-refractivity contribution in [1.82, 2.24) is 10.6 Å². The van der Waals surface area contributed by atoms with Crippen LogP contribution in [0.2, 0.25) is 0 Å². The molecule has 0 fully saturated rings. The van der Waals surface area contributed by atoms with Crippen LogP contribution >= 0.6 is 0 Å². The van der Waals surface area contributed by atoms with E-state index in [2.05, 4.69) is 10.6 Å². The van der Waals surface area contributed by atoms with E-state index in [4.69, 9.17) is 9.47 Å². The van der Waals surface area contributed by atoms with Crippen molar-refractivity contribution in [2.24, 2.45) is 5.92 Å². The van der Waals surface area contributed by atoms with Crippen molar-refractivity contribution >= 4 is 11.8 Å². The highest BCUT2D eigenvalue weighted by molar-refractivity contribution is 5.94. The average molecular weight is 432 g/mol. The second-order valence-corrected chi connectivity index (χ2v) is 7.68. The van der Waals surface area contributed by atoms with Gasteiger partial charge in [0.1, 0.15) is 11.6 Å². The number of fused-ring (bicyclic) bond motifs is 1. The van der Waals surface area contributed by atoms with Gasteiger partial charge in [-0.05, 0) is 35.7 Å². The van der Waals surface area contributed by atoms with Crippen molar-refractivity contribution in [2.75, 3.05) is 19.8 Å². The molecule has 1 atom stereocenters. The largest absolute Gasteiger partial charge is 0.490 e. The summed E-state index contributed by atoms with van der Waals surface area (Å²) in [5.41, 5.74) is 0.624. The lowest BCUT2D eigenvalue weighted by atomic mass is 9.95. The van der Waals surface area contributed by atoms with Crippen LogP contribution in [0.15, 0.2) is 36.4 Å². The maximum Gasteiger partial charge on any atom is 0.254 e. The second-order valence-electron chi connectivity index (χ2n) is 7.68. The highest BCUT2D eigenvalue weighted by Crippen LogP contribution is 2.34. The first kappa shape index (κ1) is 22.5. The molecule has 2 aromatic rings. The van der Waals surface area contributed by atoms with Crippen molar-refractivity contribution in [3.05, 3.63) is 59.2 Å². The van der Waals surface area contributed by atoms with Gasteiger partial charge in [0.15, 0.2) is 11.5 Å². The van der Waals surface area contributed by atoms with Gasteiger partial charge in [-0.2, -0.15) is 0 Å².